The monoisotopic (exact) mass is 1290 g/mol. The maximum absolute atomic E-state index is 12.9. The molecular weight excluding hydrogens is 1170 g/mol. The molecule has 0 aliphatic carbocycles. The number of esters is 3. The zero-order valence-electron chi connectivity index (χ0n) is 55.1. The van der Waals surface area contributed by atoms with Crippen LogP contribution in [-0.4, -0.2) is 95.9 Å². The second kappa shape index (κ2) is 64.1. The molecule has 0 aromatic carbocycles. The van der Waals surface area contributed by atoms with Crippen molar-refractivity contribution in [3.8, 4) is 0 Å². The van der Waals surface area contributed by atoms with Crippen LogP contribution in [0.3, 0.4) is 0 Å². The number of phosphoric ester groups is 2. The van der Waals surface area contributed by atoms with Crippen molar-refractivity contribution in [1.29, 1.82) is 0 Å². The summed E-state index contributed by atoms with van der Waals surface area (Å²) in [6.07, 6.45) is 72.5. The summed E-state index contributed by atoms with van der Waals surface area (Å²) in [5.74, 6) is -1.64. The normalized spacial score (nSPS) is 15.0. The average molecular weight is 1290 g/mol. The first kappa shape index (κ1) is 85.0. The molecule has 0 fully saturated rings. The Kier molecular flexibility index (Phi) is 61.2. The lowest BCUT2D eigenvalue weighted by molar-refractivity contribution is -0.161. The molecule has 18 heteroatoms. The molecule has 0 aromatic rings. The van der Waals surface area contributed by atoms with E-state index in [2.05, 4.69) is 142 Å². The lowest BCUT2D eigenvalue weighted by Crippen LogP contribution is -2.30. The number of hydrogen-bond donors (Lipinski definition) is 4. The zero-order chi connectivity index (χ0) is 65.3. The number of unbranched alkanes of at least 4 members (excludes halogenated alkanes) is 20. The first-order valence-electron chi connectivity index (χ1n) is 33.8. The smallest absolute Gasteiger partial charge is 0.463 e. The molecule has 0 heterocycles. The highest BCUT2D eigenvalue weighted by atomic mass is 31.2. The van der Waals surface area contributed by atoms with Gasteiger partial charge < -0.3 is 34.2 Å². The molecule has 0 saturated heterocycles. The van der Waals surface area contributed by atoms with E-state index < -0.39 is 91.5 Å². The van der Waals surface area contributed by atoms with Gasteiger partial charge in [-0.15, -0.1) is 0 Å². The summed E-state index contributed by atoms with van der Waals surface area (Å²) in [4.78, 5) is 58.3. The highest BCUT2D eigenvalue weighted by Crippen LogP contribution is 2.45. The van der Waals surface area contributed by atoms with Gasteiger partial charge in [0.1, 0.15) is 25.4 Å². The van der Waals surface area contributed by atoms with Crippen molar-refractivity contribution in [3.63, 3.8) is 0 Å². The minimum atomic E-state index is -4.93. The molecule has 89 heavy (non-hydrogen) atoms. The second-order valence-corrected chi connectivity index (χ2v) is 25.1. The van der Waals surface area contributed by atoms with Crippen molar-refractivity contribution in [3.05, 3.63) is 122 Å². The summed E-state index contributed by atoms with van der Waals surface area (Å²) in [6, 6.07) is 0. The Labute approximate surface area is 538 Å². The molecule has 510 valence electrons. The van der Waals surface area contributed by atoms with Crippen molar-refractivity contribution in [1.82, 2.24) is 0 Å². The fourth-order valence-electron chi connectivity index (χ4n) is 8.46. The quantitative estimate of drug-likeness (QED) is 0.0146. The van der Waals surface area contributed by atoms with Crippen molar-refractivity contribution in [2.45, 2.75) is 270 Å². The summed E-state index contributed by atoms with van der Waals surface area (Å²) in [5, 5.41) is 20.5. The van der Waals surface area contributed by atoms with E-state index >= 15 is 0 Å². The molecule has 0 bridgehead atoms. The number of rotatable bonds is 63. The van der Waals surface area contributed by atoms with E-state index in [1.54, 1.807) is 0 Å². The van der Waals surface area contributed by atoms with Crippen LogP contribution in [0.15, 0.2) is 122 Å². The van der Waals surface area contributed by atoms with Gasteiger partial charge in [0.05, 0.1) is 26.4 Å². The second-order valence-electron chi connectivity index (χ2n) is 22.2. The summed E-state index contributed by atoms with van der Waals surface area (Å²) < 4.78 is 60.8. The highest BCUT2D eigenvalue weighted by Gasteiger charge is 2.29. The average Bonchev–Trinajstić information content (AvgIpc) is 3.66. The van der Waals surface area contributed by atoms with Crippen LogP contribution in [0.25, 0.3) is 0 Å². The highest BCUT2D eigenvalue weighted by molar-refractivity contribution is 7.47. The topological polar surface area (TPSA) is 231 Å². The van der Waals surface area contributed by atoms with Gasteiger partial charge in [0.25, 0.3) is 0 Å². The number of carbonyl (C=O) groups excluding carboxylic acids is 3. The van der Waals surface area contributed by atoms with Crippen LogP contribution in [0.5, 0.6) is 0 Å². The summed E-state index contributed by atoms with van der Waals surface area (Å²) in [6.45, 7) is 2.38. The van der Waals surface area contributed by atoms with Gasteiger partial charge in [0.2, 0.25) is 0 Å². The number of phosphoric acid groups is 2. The first-order chi connectivity index (χ1) is 43.2. The maximum Gasteiger partial charge on any atom is 0.472 e. The van der Waals surface area contributed by atoms with Crippen molar-refractivity contribution in [2.24, 2.45) is 0 Å². The number of allylic oxidation sites excluding steroid dienone is 20. The Morgan fingerprint density at radius 2 is 0.618 bits per heavy atom. The Morgan fingerprint density at radius 3 is 0.989 bits per heavy atom. The zero-order valence-corrected chi connectivity index (χ0v) is 56.8. The van der Waals surface area contributed by atoms with E-state index in [9.17, 15) is 43.5 Å². The minimum Gasteiger partial charge on any atom is -0.463 e. The van der Waals surface area contributed by atoms with Gasteiger partial charge in [-0.1, -0.05) is 226 Å². The molecule has 0 spiro atoms. The van der Waals surface area contributed by atoms with Crippen molar-refractivity contribution < 1.29 is 75.8 Å². The summed E-state index contributed by atoms with van der Waals surface area (Å²) >= 11 is 0. The van der Waals surface area contributed by atoms with E-state index in [-0.39, 0.29) is 19.3 Å². The molecule has 0 rings (SSSR count). The fraction of sp³-hybridized carbons (Fsp3) is 0.676. The van der Waals surface area contributed by atoms with Gasteiger partial charge in [-0.3, -0.25) is 32.5 Å². The van der Waals surface area contributed by atoms with Crippen LogP contribution in [0.2, 0.25) is 0 Å². The predicted octanol–water partition coefficient (Wildman–Crippen LogP) is 18.6. The Hall–Kier alpha value is -4.05. The third kappa shape index (κ3) is 65.3. The van der Waals surface area contributed by atoms with Crippen LogP contribution in [0.4, 0.5) is 0 Å². The van der Waals surface area contributed by atoms with Crippen LogP contribution >= 0.6 is 15.6 Å². The fourth-order valence-corrected chi connectivity index (χ4v) is 10.0. The number of carbonyl (C=O) groups is 3. The van der Waals surface area contributed by atoms with Gasteiger partial charge >= 0.3 is 33.6 Å². The molecule has 5 unspecified atom stereocenters. The summed E-state index contributed by atoms with van der Waals surface area (Å²) in [7, 11) is -9.79. The van der Waals surface area contributed by atoms with E-state index in [0.29, 0.717) is 19.3 Å². The molecule has 0 amide bonds. The SMILES string of the molecule is CC/C=C\C/C=C\C/C=C\C/C=C\CCCCCCC(=O)OCC(COP(=O)(O)OCC(O)COP(=O)(O)OCC(O)COC(=O)CCCCCCCCC/C=C\C/C=C\C/C=C\C/C=C\CCCCC)OC(=O)CCCCCCC/C=C\C/C=C\CCC. The molecule has 0 saturated carbocycles. The van der Waals surface area contributed by atoms with Crippen molar-refractivity contribution >= 4 is 33.6 Å². The van der Waals surface area contributed by atoms with Gasteiger partial charge in [-0.2, -0.15) is 0 Å². The van der Waals surface area contributed by atoms with Gasteiger partial charge in [0, 0.05) is 19.3 Å². The summed E-state index contributed by atoms with van der Waals surface area (Å²) in [5.41, 5.74) is 0. The van der Waals surface area contributed by atoms with Gasteiger partial charge in [-0.05, 0) is 128 Å². The van der Waals surface area contributed by atoms with E-state index in [4.69, 9.17) is 32.3 Å². The number of aliphatic hydroxyl groups is 2. The minimum absolute atomic E-state index is 0.0792. The molecule has 0 aliphatic heterocycles. The number of aliphatic hydroxyl groups excluding tert-OH is 2. The van der Waals surface area contributed by atoms with Crippen LogP contribution < -0.4 is 0 Å². The Balaban J connectivity index is 4.63. The van der Waals surface area contributed by atoms with Crippen LogP contribution in [0, 0.1) is 0 Å². The molecule has 16 nitrogen and oxygen atoms in total. The van der Waals surface area contributed by atoms with Crippen LogP contribution in [-0.2, 0) is 55.8 Å². The Bertz CT molecular complexity index is 2110. The van der Waals surface area contributed by atoms with Gasteiger partial charge in [0.15, 0.2) is 6.10 Å². The molecule has 0 aliphatic rings. The van der Waals surface area contributed by atoms with E-state index in [1.807, 2.05) is 0 Å². The van der Waals surface area contributed by atoms with E-state index in [1.165, 1.54) is 25.7 Å². The third-order valence-electron chi connectivity index (χ3n) is 13.6. The third-order valence-corrected chi connectivity index (χ3v) is 15.5. The molecule has 0 radical (unpaired) electrons. The molecular formula is C71H120O16P2. The largest absolute Gasteiger partial charge is 0.472 e. The number of ether oxygens (including phenoxy) is 3. The molecule has 5 atom stereocenters. The lowest BCUT2D eigenvalue weighted by Gasteiger charge is -2.21. The Morgan fingerprint density at radius 1 is 0.326 bits per heavy atom. The predicted molar refractivity (Wildman–Crippen MR) is 362 cm³/mol. The van der Waals surface area contributed by atoms with E-state index in [0.717, 1.165) is 167 Å². The molecule has 4 N–H and O–H groups in total. The standard InChI is InChI=1S/C71H120O16P2/c1-4-7-10-13-16-19-22-25-27-29-30-31-32-33-34-36-38-40-42-45-48-51-54-57-69(74)81-60-66(72)61-83-88(77,78)84-62-67(73)63-85-89(79,80)86-65-68(87-71(76)59-56-53-50-47-44-39-24-21-18-15-12-9-6-3)64-82-70(75)58-55-52-49-46-43-41-37-35-28-26-23-20-17-14-11-8-5-2/h8,11-12,15-17,19-21,24-28,30-31,33-34,37,41,66-68,72-73H,4-7,9-10,13-14,18,22-23,29,32,35-36,38-40,42-65H2,1-3H3,(H,77,78)(H,79,80)/b11-8-,15-12-,19-16-,20-17-,24-21-,27-25-,28-26-,31-30-,34-33-,41-37-. The van der Waals surface area contributed by atoms with Crippen LogP contribution in [0.1, 0.15) is 252 Å². The first-order valence-corrected chi connectivity index (χ1v) is 36.8. The maximum atomic E-state index is 12.9. The van der Waals surface area contributed by atoms with Gasteiger partial charge in [-0.25, -0.2) is 9.13 Å². The molecule has 0 aromatic heterocycles. The number of hydrogen-bond acceptors (Lipinski definition) is 14. The lowest BCUT2D eigenvalue weighted by atomic mass is 10.1. The van der Waals surface area contributed by atoms with Crippen molar-refractivity contribution in [2.75, 3.05) is 39.6 Å².